The van der Waals surface area contributed by atoms with Crippen LogP contribution in [0.4, 0.5) is 0 Å². The Hall–Kier alpha value is -0.480. The van der Waals surface area contributed by atoms with Crippen LogP contribution in [0.25, 0.3) is 0 Å². The van der Waals surface area contributed by atoms with Crippen molar-refractivity contribution in [3.05, 3.63) is 0 Å². The third kappa shape index (κ3) is 1.28. The average molecular weight is 149 g/mol. The average Bonchev–Trinajstić information content (AvgIpc) is 2.60. The van der Waals surface area contributed by atoms with E-state index in [9.17, 15) is 0 Å². The molecule has 0 saturated heterocycles. The van der Waals surface area contributed by atoms with E-state index < -0.39 is 0 Å². The van der Waals surface area contributed by atoms with Crippen molar-refractivity contribution in [2.45, 2.75) is 25.7 Å². The van der Waals surface area contributed by atoms with E-state index in [0.717, 1.165) is 37.1 Å². The van der Waals surface area contributed by atoms with E-state index in [1.807, 2.05) is 0 Å². The smallest absolute Gasteiger partial charge is 0.00915 e. The highest BCUT2D eigenvalue weighted by molar-refractivity contribution is 5.07. The molecule has 0 radical (unpaired) electrons. The summed E-state index contributed by atoms with van der Waals surface area (Å²) in [4.78, 5) is 0. The minimum absolute atomic E-state index is 0.844. The summed E-state index contributed by atoms with van der Waals surface area (Å²) in [5.74, 6) is 9.12. The van der Waals surface area contributed by atoms with Crippen molar-refractivity contribution in [2.75, 3.05) is 6.54 Å². The fourth-order valence-electron chi connectivity index (χ4n) is 2.38. The molecule has 11 heavy (non-hydrogen) atoms. The largest absolute Gasteiger partial charge is 0.330 e. The summed E-state index contributed by atoms with van der Waals surface area (Å²) in [5, 5.41) is 0. The molecule has 0 aromatic heterocycles. The standard InChI is InChI=1S/C10H15N/c11-7-10-8-5-3-1-2-4-6-9(8)10/h8-10H,3-7,11H2/t8-,9+,10?. The van der Waals surface area contributed by atoms with E-state index in [1.165, 1.54) is 12.8 Å². The Morgan fingerprint density at radius 1 is 1.09 bits per heavy atom. The molecular formula is C10H15N. The molecule has 0 aliphatic heterocycles. The Labute approximate surface area is 68.4 Å². The first kappa shape index (κ1) is 7.18. The lowest BCUT2D eigenvalue weighted by Crippen LogP contribution is -2.03. The van der Waals surface area contributed by atoms with Gasteiger partial charge in [0.1, 0.15) is 0 Å². The minimum atomic E-state index is 0.844. The normalized spacial score (nSPS) is 41.0. The lowest BCUT2D eigenvalue weighted by Gasteiger charge is -1.96. The van der Waals surface area contributed by atoms with Crippen molar-refractivity contribution in [1.29, 1.82) is 0 Å². The Bertz CT molecular complexity index is 181. The SMILES string of the molecule is NCC1[C@H]2CCC#CCC[C@@H]12. The molecule has 0 aromatic carbocycles. The lowest BCUT2D eigenvalue weighted by atomic mass is 10.1. The molecule has 1 saturated carbocycles. The van der Waals surface area contributed by atoms with E-state index in [2.05, 4.69) is 11.8 Å². The zero-order chi connectivity index (χ0) is 7.68. The molecular weight excluding hydrogens is 134 g/mol. The Balaban J connectivity index is 1.93. The summed E-state index contributed by atoms with van der Waals surface area (Å²) in [6.07, 6.45) is 4.83. The van der Waals surface area contributed by atoms with E-state index in [4.69, 9.17) is 5.73 Å². The molecule has 2 aliphatic carbocycles. The minimum Gasteiger partial charge on any atom is -0.330 e. The van der Waals surface area contributed by atoms with Crippen LogP contribution in [0.3, 0.4) is 0 Å². The van der Waals surface area contributed by atoms with E-state index in [1.54, 1.807) is 0 Å². The molecule has 1 fully saturated rings. The van der Waals surface area contributed by atoms with Gasteiger partial charge >= 0.3 is 0 Å². The van der Waals surface area contributed by atoms with Gasteiger partial charge in [-0.05, 0) is 37.1 Å². The van der Waals surface area contributed by atoms with Gasteiger partial charge in [0.15, 0.2) is 0 Å². The third-order valence-electron chi connectivity index (χ3n) is 3.11. The zero-order valence-electron chi connectivity index (χ0n) is 6.84. The molecule has 2 rings (SSSR count). The van der Waals surface area contributed by atoms with Crippen LogP contribution >= 0.6 is 0 Å². The van der Waals surface area contributed by atoms with Gasteiger partial charge in [0.05, 0.1) is 0 Å². The zero-order valence-corrected chi connectivity index (χ0v) is 6.84. The van der Waals surface area contributed by atoms with Gasteiger partial charge in [-0.3, -0.25) is 0 Å². The topological polar surface area (TPSA) is 26.0 Å². The van der Waals surface area contributed by atoms with Crippen LogP contribution < -0.4 is 5.73 Å². The Kier molecular flexibility index (Phi) is 1.87. The number of hydrogen-bond donors (Lipinski definition) is 1. The van der Waals surface area contributed by atoms with Gasteiger partial charge < -0.3 is 5.73 Å². The molecule has 3 atom stereocenters. The molecule has 0 spiro atoms. The second-order valence-electron chi connectivity index (χ2n) is 3.66. The number of hydrogen-bond acceptors (Lipinski definition) is 1. The van der Waals surface area contributed by atoms with Crippen LogP contribution in [-0.4, -0.2) is 6.54 Å². The van der Waals surface area contributed by atoms with E-state index in [0.29, 0.717) is 0 Å². The molecule has 2 aliphatic rings. The van der Waals surface area contributed by atoms with Gasteiger partial charge in [-0.2, -0.15) is 0 Å². The Morgan fingerprint density at radius 3 is 2.09 bits per heavy atom. The summed E-state index contributed by atoms with van der Waals surface area (Å²) < 4.78 is 0. The van der Waals surface area contributed by atoms with Crippen LogP contribution in [0, 0.1) is 29.6 Å². The quantitative estimate of drug-likeness (QED) is 0.560. The summed E-state index contributed by atoms with van der Waals surface area (Å²) >= 11 is 0. The summed E-state index contributed by atoms with van der Waals surface area (Å²) in [6.45, 7) is 0.898. The summed E-state index contributed by atoms with van der Waals surface area (Å²) in [7, 11) is 0. The second-order valence-corrected chi connectivity index (χ2v) is 3.66. The Morgan fingerprint density at radius 2 is 1.64 bits per heavy atom. The molecule has 1 heteroatoms. The van der Waals surface area contributed by atoms with Crippen LogP contribution in [0.2, 0.25) is 0 Å². The maximum absolute atomic E-state index is 5.65. The van der Waals surface area contributed by atoms with Gasteiger partial charge in [0, 0.05) is 12.8 Å². The monoisotopic (exact) mass is 149 g/mol. The number of rotatable bonds is 1. The van der Waals surface area contributed by atoms with Gasteiger partial charge in [-0.25, -0.2) is 0 Å². The second kappa shape index (κ2) is 2.87. The van der Waals surface area contributed by atoms with Crippen LogP contribution in [0.5, 0.6) is 0 Å². The van der Waals surface area contributed by atoms with E-state index >= 15 is 0 Å². The molecule has 0 bridgehead atoms. The van der Waals surface area contributed by atoms with Crippen LogP contribution in [-0.2, 0) is 0 Å². The first-order valence-electron chi connectivity index (χ1n) is 4.59. The number of fused-ring (bicyclic) bond motifs is 1. The molecule has 0 aromatic rings. The molecule has 60 valence electrons. The first-order chi connectivity index (χ1) is 5.43. The van der Waals surface area contributed by atoms with Crippen molar-refractivity contribution >= 4 is 0 Å². The molecule has 1 unspecified atom stereocenters. The van der Waals surface area contributed by atoms with Gasteiger partial charge in [0.2, 0.25) is 0 Å². The summed E-state index contributed by atoms with van der Waals surface area (Å²) in [5.41, 5.74) is 5.65. The van der Waals surface area contributed by atoms with Crippen molar-refractivity contribution in [1.82, 2.24) is 0 Å². The van der Waals surface area contributed by atoms with Gasteiger partial charge in [-0.15, -0.1) is 11.8 Å². The molecule has 2 N–H and O–H groups in total. The highest BCUT2D eigenvalue weighted by Crippen LogP contribution is 2.51. The third-order valence-corrected chi connectivity index (χ3v) is 3.11. The molecule has 0 amide bonds. The molecule has 1 nitrogen and oxygen atoms in total. The predicted octanol–water partition coefficient (Wildman–Crippen LogP) is 1.38. The van der Waals surface area contributed by atoms with E-state index in [-0.39, 0.29) is 0 Å². The fraction of sp³-hybridized carbons (Fsp3) is 0.800. The highest BCUT2D eigenvalue weighted by atomic mass is 14.7. The van der Waals surface area contributed by atoms with Gasteiger partial charge in [0.25, 0.3) is 0 Å². The predicted molar refractivity (Wildman–Crippen MR) is 45.8 cm³/mol. The van der Waals surface area contributed by atoms with Crippen molar-refractivity contribution in [3.8, 4) is 11.8 Å². The van der Waals surface area contributed by atoms with Gasteiger partial charge in [-0.1, -0.05) is 0 Å². The van der Waals surface area contributed by atoms with Crippen molar-refractivity contribution in [2.24, 2.45) is 23.5 Å². The fourth-order valence-corrected chi connectivity index (χ4v) is 2.38. The summed E-state index contributed by atoms with van der Waals surface area (Å²) in [6, 6.07) is 0. The van der Waals surface area contributed by atoms with Crippen LogP contribution in [0.1, 0.15) is 25.7 Å². The molecule has 0 heterocycles. The first-order valence-corrected chi connectivity index (χ1v) is 4.59. The number of nitrogens with two attached hydrogens (primary N) is 1. The maximum Gasteiger partial charge on any atom is 0.00915 e. The van der Waals surface area contributed by atoms with Crippen molar-refractivity contribution < 1.29 is 0 Å². The van der Waals surface area contributed by atoms with Crippen LogP contribution in [0.15, 0.2) is 0 Å². The lowest BCUT2D eigenvalue weighted by molar-refractivity contribution is 0.618. The highest BCUT2D eigenvalue weighted by Gasteiger charge is 2.47. The maximum atomic E-state index is 5.65. The van der Waals surface area contributed by atoms with Crippen molar-refractivity contribution in [3.63, 3.8) is 0 Å².